The Morgan fingerprint density at radius 3 is 2.44 bits per heavy atom. The minimum Gasteiger partial charge on any atom is -0.504 e. The summed E-state index contributed by atoms with van der Waals surface area (Å²) in [5, 5.41) is 22.7. The standard InChI is InChI=1S/C34H26BrClFN3O8/c1-34-23(31(43)39(33(34)45)17-6-9-25(37)24(36)13-17)14-21-19(28(34)22-10-15(35)11-26(48-2)29(22)41)7-8-20-27(21)32(44)38(30(20)42)16-4-3-5-18(12-16)40(46)47/h3-7,9-13,20-21,23,27-28,41H,8,14H2,1-2H3/t20-,21+,23-,27-,28+,34+/m0/s1. The quantitative estimate of drug-likeness (QED) is 0.139. The number of fused-ring (bicyclic) bond motifs is 4. The molecular weight excluding hydrogens is 713 g/mol. The third-order valence-corrected chi connectivity index (χ3v) is 11.1. The van der Waals surface area contributed by atoms with E-state index in [2.05, 4.69) is 15.9 Å². The summed E-state index contributed by atoms with van der Waals surface area (Å²) in [6.07, 6.45) is 1.95. The van der Waals surface area contributed by atoms with Crippen molar-refractivity contribution in [3.05, 3.63) is 97.2 Å². The average Bonchev–Trinajstić information content (AvgIpc) is 3.43. The predicted molar refractivity (Wildman–Crippen MR) is 174 cm³/mol. The lowest BCUT2D eigenvalue weighted by Crippen LogP contribution is -2.49. The van der Waals surface area contributed by atoms with Gasteiger partial charge in [0.15, 0.2) is 11.5 Å². The van der Waals surface area contributed by atoms with Gasteiger partial charge in [0.05, 0.1) is 51.6 Å². The van der Waals surface area contributed by atoms with Crippen LogP contribution in [-0.4, -0.2) is 40.8 Å². The topological polar surface area (TPSA) is 147 Å². The van der Waals surface area contributed by atoms with Crippen molar-refractivity contribution in [1.29, 1.82) is 0 Å². The lowest BCUT2D eigenvalue weighted by molar-refractivity contribution is -0.384. The first kappa shape index (κ1) is 32.0. The molecule has 1 saturated carbocycles. The smallest absolute Gasteiger partial charge is 0.271 e. The van der Waals surface area contributed by atoms with Gasteiger partial charge in [-0.3, -0.25) is 29.3 Å². The normalized spacial score (nSPS) is 27.9. The lowest BCUT2D eigenvalue weighted by Gasteiger charge is -2.49. The number of anilines is 2. The molecule has 0 spiro atoms. The van der Waals surface area contributed by atoms with Crippen LogP contribution < -0.4 is 14.5 Å². The SMILES string of the molecule is COc1cc(Br)cc([C@H]2C3=CC[C@@H]4C(=O)N(c5cccc([N+](=O)[O-])c5)C(=O)[C@@H]4[C@@H]3C[C@H]3C(=O)N(c4ccc(F)c(Cl)c4)C(=O)[C@@]23C)c1O. The number of imide groups is 2. The zero-order valence-corrected chi connectivity index (χ0v) is 27.7. The number of phenolic OH excluding ortho intramolecular Hbond substituents is 1. The van der Waals surface area contributed by atoms with Crippen molar-refractivity contribution < 1.29 is 38.3 Å². The third-order valence-electron chi connectivity index (χ3n) is 10.3. The number of ether oxygens (including phenoxy) is 1. The molecule has 3 aromatic rings. The Labute approximate surface area is 286 Å². The van der Waals surface area contributed by atoms with Crippen LogP contribution in [0.2, 0.25) is 5.02 Å². The van der Waals surface area contributed by atoms with Crippen molar-refractivity contribution >= 4 is 68.2 Å². The zero-order valence-electron chi connectivity index (χ0n) is 25.4. The molecule has 2 heterocycles. The Bertz CT molecular complexity index is 2020. The number of halogens is 3. The number of non-ortho nitro benzene ring substituents is 1. The number of nitro benzene ring substituents is 1. The van der Waals surface area contributed by atoms with E-state index in [0.717, 1.165) is 15.9 Å². The number of nitrogens with zero attached hydrogens (tertiary/aromatic N) is 3. The first-order chi connectivity index (χ1) is 22.8. The Balaban J connectivity index is 1.39. The van der Waals surface area contributed by atoms with E-state index in [-0.39, 0.29) is 52.0 Å². The largest absolute Gasteiger partial charge is 0.504 e. The number of rotatable bonds is 5. The molecular formula is C34H26BrClFN3O8. The number of methoxy groups -OCH3 is 1. The summed E-state index contributed by atoms with van der Waals surface area (Å²) >= 11 is 9.51. The maximum Gasteiger partial charge on any atom is 0.271 e. The third kappa shape index (κ3) is 4.43. The highest BCUT2D eigenvalue weighted by molar-refractivity contribution is 9.10. The highest BCUT2D eigenvalue weighted by atomic mass is 79.9. The minimum absolute atomic E-state index is 0.0176. The van der Waals surface area contributed by atoms with E-state index in [1.807, 2.05) is 6.08 Å². The fraction of sp³-hybridized carbons (Fsp3) is 0.294. The Kier molecular flexibility index (Phi) is 7.48. The van der Waals surface area contributed by atoms with Crippen LogP contribution in [0.25, 0.3) is 0 Å². The van der Waals surface area contributed by atoms with E-state index >= 15 is 0 Å². The van der Waals surface area contributed by atoms with E-state index in [1.54, 1.807) is 19.1 Å². The molecule has 2 aliphatic heterocycles. The number of carbonyl (C=O) groups is 4. The maximum absolute atomic E-state index is 14.6. The molecule has 0 aromatic heterocycles. The van der Waals surface area contributed by atoms with Crippen LogP contribution in [0.15, 0.2) is 70.7 Å². The fourth-order valence-corrected chi connectivity index (χ4v) is 8.83. The summed E-state index contributed by atoms with van der Waals surface area (Å²) in [6.45, 7) is 1.64. The van der Waals surface area contributed by atoms with Gasteiger partial charge in [-0.05, 0) is 62.1 Å². The number of hydrogen-bond acceptors (Lipinski definition) is 8. The Hall–Kier alpha value is -4.62. The molecule has 48 heavy (non-hydrogen) atoms. The van der Waals surface area contributed by atoms with E-state index in [9.17, 15) is 38.8 Å². The van der Waals surface area contributed by atoms with E-state index < -0.39 is 69.4 Å². The molecule has 1 N–H and O–H groups in total. The second-order valence-corrected chi connectivity index (χ2v) is 13.9. The van der Waals surface area contributed by atoms with Crippen LogP contribution in [0, 0.1) is 45.0 Å². The Morgan fingerprint density at radius 2 is 1.75 bits per heavy atom. The van der Waals surface area contributed by atoms with Crippen LogP contribution in [-0.2, 0) is 19.2 Å². The van der Waals surface area contributed by atoms with Crippen molar-refractivity contribution in [2.24, 2.45) is 29.1 Å². The fourth-order valence-electron chi connectivity index (χ4n) is 8.20. The average molecular weight is 739 g/mol. The molecule has 4 amide bonds. The summed E-state index contributed by atoms with van der Waals surface area (Å²) in [5.41, 5.74) is -0.774. The lowest BCUT2D eigenvalue weighted by atomic mass is 9.51. The molecule has 2 saturated heterocycles. The van der Waals surface area contributed by atoms with Gasteiger partial charge in [-0.1, -0.05) is 45.2 Å². The van der Waals surface area contributed by atoms with Gasteiger partial charge in [0.1, 0.15) is 5.82 Å². The highest BCUT2D eigenvalue weighted by Gasteiger charge is 2.68. The van der Waals surface area contributed by atoms with Crippen molar-refractivity contribution in [3.8, 4) is 11.5 Å². The van der Waals surface area contributed by atoms with Gasteiger partial charge in [-0.2, -0.15) is 0 Å². The van der Waals surface area contributed by atoms with Crippen LogP contribution in [0.4, 0.5) is 21.5 Å². The van der Waals surface area contributed by atoms with Gasteiger partial charge in [-0.25, -0.2) is 14.2 Å². The van der Waals surface area contributed by atoms with E-state index in [4.69, 9.17) is 16.3 Å². The number of aromatic hydroxyl groups is 1. The molecule has 2 aliphatic carbocycles. The van der Waals surface area contributed by atoms with Gasteiger partial charge in [0, 0.05) is 28.1 Å². The number of nitro groups is 1. The molecule has 246 valence electrons. The summed E-state index contributed by atoms with van der Waals surface area (Å²) in [6, 6.07) is 12.0. The minimum atomic E-state index is -1.50. The van der Waals surface area contributed by atoms with Crippen molar-refractivity contribution in [2.45, 2.75) is 25.7 Å². The number of allylic oxidation sites excluding steroid dienone is 2. The number of carbonyl (C=O) groups excluding carboxylic acids is 4. The first-order valence-electron chi connectivity index (χ1n) is 15.0. The number of amides is 4. The molecule has 4 aliphatic rings. The van der Waals surface area contributed by atoms with E-state index in [1.165, 1.54) is 43.5 Å². The monoisotopic (exact) mass is 737 g/mol. The number of hydrogen-bond donors (Lipinski definition) is 1. The van der Waals surface area contributed by atoms with E-state index in [0.29, 0.717) is 10.0 Å². The molecule has 6 atom stereocenters. The van der Waals surface area contributed by atoms with Crippen LogP contribution >= 0.6 is 27.5 Å². The van der Waals surface area contributed by atoms with Crippen LogP contribution in [0.5, 0.6) is 11.5 Å². The highest BCUT2D eigenvalue weighted by Crippen LogP contribution is 2.65. The molecule has 11 nitrogen and oxygen atoms in total. The molecule has 0 bridgehead atoms. The summed E-state index contributed by atoms with van der Waals surface area (Å²) in [7, 11) is 1.37. The molecule has 7 rings (SSSR count). The van der Waals surface area contributed by atoms with Gasteiger partial charge < -0.3 is 9.84 Å². The summed E-state index contributed by atoms with van der Waals surface area (Å²) in [5.74, 6) is -7.63. The first-order valence-corrected chi connectivity index (χ1v) is 16.2. The van der Waals surface area contributed by atoms with Gasteiger partial charge in [-0.15, -0.1) is 0 Å². The van der Waals surface area contributed by atoms with Crippen molar-refractivity contribution in [1.82, 2.24) is 0 Å². The molecule has 14 heteroatoms. The zero-order chi connectivity index (χ0) is 34.4. The molecule has 0 radical (unpaired) electrons. The molecule has 3 fully saturated rings. The van der Waals surface area contributed by atoms with Gasteiger partial charge in [0.25, 0.3) is 5.69 Å². The van der Waals surface area contributed by atoms with Crippen molar-refractivity contribution in [3.63, 3.8) is 0 Å². The summed E-state index contributed by atoms with van der Waals surface area (Å²) in [4.78, 5) is 69.8. The second-order valence-electron chi connectivity index (χ2n) is 12.6. The molecule has 3 aromatic carbocycles. The number of phenols is 1. The predicted octanol–water partition coefficient (Wildman–Crippen LogP) is 6.30. The van der Waals surface area contributed by atoms with Crippen molar-refractivity contribution in [2.75, 3.05) is 16.9 Å². The number of benzene rings is 3. The maximum atomic E-state index is 14.6. The van der Waals surface area contributed by atoms with Gasteiger partial charge in [0.2, 0.25) is 23.6 Å². The van der Waals surface area contributed by atoms with Gasteiger partial charge >= 0.3 is 0 Å². The van der Waals surface area contributed by atoms with Crippen LogP contribution in [0.3, 0.4) is 0 Å². The van der Waals surface area contributed by atoms with Crippen LogP contribution in [0.1, 0.15) is 31.2 Å². The Morgan fingerprint density at radius 1 is 1.02 bits per heavy atom. The molecule has 0 unspecified atom stereocenters. The second kappa shape index (κ2) is 11.2. The summed E-state index contributed by atoms with van der Waals surface area (Å²) < 4.78 is 20.1.